The molecule has 8 rings (SSSR count). The number of thiophene rings is 1. The molecule has 0 bridgehead atoms. The molecule has 0 spiro atoms. The van der Waals surface area contributed by atoms with E-state index < -0.39 is 23.5 Å². The maximum Gasteiger partial charge on any atom is 0.246 e. The molecule has 0 unspecified atom stereocenters. The minimum Gasteiger partial charge on any atom is -0.492 e. The van der Waals surface area contributed by atoms with Crippen LogP contribution in [0.15, 0.2) is 60.6 Å². The maximum atomic E-state index is 16.4. The second-order valence-corrected chi connectivity index (χ2v) is 14.5. The van der Waals surface area contributed by atoms with Crippen LogP contribution in [0, 0.1) is 23.4 Å². The van der Waals surface area contributed by atoms with Crippen molar-refractivity contribution < 1.29 is 27.5 Å². The average Bonchev–Trinajstić information content (AvgIpc) is 3.88. The van der Waals surface area contributed by atoms with Crippen molar-refractivity contribution >= 4 is 44.1 Å². The van der Waals surface area contributed by atoms with E-state index in [1.807, 2.05) is 45.3 Å². The number of halogens is 3. The normalized spacial score (nSPS) is 18.8. The molecule has 0 N–H and O–H groups in total. The summed E-state index contributed by atoms with van der Waals surface area (Å²) in [6.45, 7) is 8.26. The summed E-state index contributed by atoms with van der Waals surface area (Å²) in [7, 11) is 3.51. The molecule has 4 aromatic heterocycles. The van der Waals surface area contributed by atoms with Gasteiger partial charge in [0, 0.05) is 84.6 Å². The Labute approximate surface area is 300 Å². The van der Waals surface area contributed by atoms with Crippen molar-refractivity contribution in [3.63, 3.8) is 0 Å². The van der Waals surface area contributed by atoms with Crippen LogP contribution in [0.1, 0.15) is 32.0 Å². The number of carbonyl (C=O) groups excluding carboxylic acids is 2. The number of aryl methyl sites for hydroxylation is 1. The summed E-state index contributed by atoms with van der Waals surface area (Å²) in [5.41, 5.74) is 2.84. The summed E-state index contributed by atoms with van der Waals surface area (Å²) < 4.78 is 57.7. The number of fused-ring (bicyclic) bond motifs is 3. The van der Waals surface area contributed by atoms with E-state index in [-0.39, 0.29) is 64.8 Å². The Bertz CT molecular complexity index is 2450. The predicted octanol–water partition coefficient (Wildman–Crippen LogP) is 7.13. The first-order valence-corrected chi connectivity index (χ1v) is 17.7. The quantitative estimate of drug-likeness (QED) is 0.163. The molecule has 6 aromatic rings. The number of amides is 2. The number of likely N-dealkylation sites (tertiary alicyclic amines) is 1. The lowest BCUT2D eigenvalue weighted by Gasteiger charge is -2.38. The fraction of sp³-hybridized carbons (Fsp3) is 0.289. The molecule has 2 aromatic carbocycles. The van der Waals surface area contributed by atoms with Gasteiger partial charge < -0.3 is 14.5 Å². The molecule has 0 saturated carbocycles. The number of pyridine rings is 1. The monoisotopic (exact) mass is 725 g/mol. The number of nitrogens with zero attached hydrogens (tertiary/aromatic N) is 7. The van der Waals surface area contributed by atoms with Crippen molar-refractivity contribution in [2.24, 2.45) is 13.0 Å². The molecule has 10 nitrogen and oxygen atoms in total. The Morgan fingerprint density at radius 1 is 1.04 bits per heavy atom. The molecule has 2 aliphatic heterocycles. The van der Waals surface area contributed by atoms with Crippen LogP contribution in [0.5, 0.6) is 5.75 Å². The number of benzene rings is 2. The highest BCUT2D eigenvalue weighted by atomic mass is 32.1. The first kappa shape index (κ1) is 33.6. The molecule has 3 atom stereocenters. The summed E-state index contributed by atoms with van der Waals surface area (Å²) in [5, 5.41) is 11.8. The van der Waals surface area contributed by atoms with Crippen LogP contribution >= 0.6 is 11.3 Å². The van der Waals surface area contributed by atoms with E-state index in [0.29, 0.717) is 46.0 Å². The molecule has 0 radical (unpaired) electrons. The number of carbonyl (C=O) groups is 2. The molecular formula is C38H34F3N7O3S. The third kappa shape index (κ3) is 5.52. The van der Waals surface area contributed by atoms with E-state index in [0.717, 1.165) is 28.9 Å². The van der Waals surface area contributed by atoms with Crippen molar-refractivity contribution in [1.29, 1.82) is 0 Å². The van der Waals surface area contributed by atoms with E-state index in [2.05, 4.69) is 11.7 Å². The summed E-state index contributed by atoms with van der Waals surface area (Å²) in [6, 6.07) is 8.61. The van der Waals surface area contributed by atoms with Crippen LogP contribution in [0.3, 0.4) is 0 Å². The lowest BCUT2D eigenvalue weighted by molar-refractivity contribution is -0.132. The van der Waals surface area contributed by atoms with Gasteiger partial charge in [0.2, 0.25) is 11.8 Å². The highest BCUT2D eigenvalue weighted by molar-refractivity contribution is 7.17. The van der Waals surface area contributed by atoms with Gasteiger partial charge in [-0.15, -0.1) is 11.3 Å². The molecule has 0 aliphatic carbocycles. The molecular weight excluding hydrogens is 692 g/mol. The van der Waals surface area contributed by atoms with E-state index in [1.165, 1.54) is 11.5 Å². The Hall–Kier alpha value is -5.50. The highest BCUT2D eigenvalue weighted by Crippen LogP contribution is 2.48. The second-order valence-electron chi connectivity index (χ2n) is 13.6. The zero-order chi connectivity index (χ0) is 36.6. The van der Waals surface area contributed by atoms with Crippen LogP contribution in [0.25, 0.3) is 54.8 Å². The van der Waals surface area contributed by atoms with Crippen molar-refractivity contribution in [2.45, 2.75) is 38.9 Å². The molecule has 2 aliphatic rings. The van der Waals surface area contributed by atoms with Crippen molar-refractivity contribution in [3.8, 4) is 39.5 Å². The Morgan fingerprint density at radius 2 is 1.85 bits per heavy atom. The van der Waals surface area contributed by atoms with Gasteiger partial charge in [0.15, 0.2) is 0 Å². The minimum atomic E-state index is -0.971. The molecule has 1 saturated heterocycles. The topological polar surface area (TPSA) is 98.4 Å². The smallest absolute Gasteiger partial charge is 0.246 e. The molecule has 52 heavy (non-hydrogen) atoms. The first-order chi connectivity index (χ1) is 24.9. The number of rotatable bonds is 7. The van der Waals surface area contributed by atoms with Gasteiger partial charge in [-0.05, 0) is 32.1 Å². The number of hydrogen-bond donors (Lipinski definition) is 0. The summed E-state index contributed by atoms with van der Waals surface area (Å²) in [6.07, 6.45) is 3.39. The summed E-state index contributed by atoms with van der Waals surface area (Å²) >= 11 is 1.12. The Balaban J connectivity index is 1.38. The number of ether oxygens (including phenoxy) is 1. The SMILES string of the molecule is C=CC(=O)N1[C@H](C)c2cc(-c3nc(-c4ccc5cn(C)nc5c4)c4scc(F)c4c3-c3c(F)cc(F)cc3OC[C@@H]3CC(=O)N(C)C3)nn2C[C@@H]1C. The van der Waals surface area contributed by atoms with Crippen molar-refractivity contribution in [1.82, 2.24) is 34.3 Å². The fourth-order valence-electron chi connectivity index (χ4n) is 7.58. The van der Waals surface area contributed by atoms with Crippen LogP contribution in [0.2, 0.25) is 0 Å². The van der Waals surface area contributed by atoms with E-state index >= 15 is 8.78 Å². The Morgan fingerprint density at radius 3 is 2.60 bits per heavy atom. The molecule has 266 valence electrons. The fourth-order valence-corrected chi connectivity index (χ4v) is 8.51. The Kier molecular flexibility index (Phi) is 8.16. The summed E-state index contributed by atoms with van der Waals surface area (Å²) in [4.78, 5) is 33.5. The molecule has 2 amide bonds. The van der Waals surface area contributed by atoms with Gasteiger partial charge in [0.05, 0.1) is 46.4 Å². The zero-order valence-corrected chi connectivity index (χ0v) is 29.7. The zero-order valence-electron chi connectivity index (χ0n) is 28.9. The molecule has 1 fully saturated rings. The number of hydrogen-bond acceptors (Lipinski definition) is 7. The van der Waals surface area contributed by atoms with Gasteiger partial charge in [0.1, 0.15) is 34.6 Å². The van der Waals surface area contributed by atoms with Crippen LogP contribution in [-0.4, -0.2) is 72.4 Å². The molecule has 6 heterocycles. The van der Waals surface area contributed by atoms with E-state index in [1.54, 1.807) is 32.3 Å². The molecule has 14 heteroatoms. The largest absolute Gasteiger partial charge is 0.492 e. The standard InChI is InChI=1S/C38H34F3N7O3S/c1-6-31(49)48-19(2)14-47-29(20(48)3)13-28(44-47)37-35(33-25(40)11-24(39)12-30(33)51-17-21-9-32(50)45(4)15-21)34-26(41)18-52-38(34)36(42-37)22-7-8-23-16-46(5)43-27(23)10-22/h6-8,10-13,16,18-21H,1,9,14-15,17H2,2-5H3/t19-,20+,21+/m0/s1. The average molecular weight is 726 g/mol. The van der Waals surface area contributed by atoms with Gasteiger partial charge in [-0.1, -0.05) is 18.7 Å². The van der Waals surface area contributed by atoms with Crippen LogP contribution in [0.4, 0.5) is 13.2 Å². The van der Waals surface area contributed by atoms with E-state index in [9.17, 15) is 14.0 Å². The van der Waals surface area contributed by atoms with Crippen LogP contribution in [-0.2, 0) is 23.2 Å². The van der Waals surface area contributed by atoms with Crippen molar-refractivity contribution in [3.05, 3.63) is 83.8 Å². The predicted molar refractivity (Wildman–Crippen MR) is 192 cm³/mol. The van der Waals surface area contributed by atoms with Gasteiger partial charge >= 0.3 is 0 Å². The highest BCUT2D eigenvalue weighted by Gasteiger charge is 2.35. The van der Waals surface area contributed by atoms with E-state index in [4.69, 9.17) is 14.8 Å². The number of aromatic nitrogens is 5. The maximum absolute atomic E-state index is 16.4. The van der Waals surface area contributed by atoms with Crippen LogP contribution < -0.4 is 4.74 Å². The van der Waals surface area contributed by atoms with Gasteiger partial charge in [-0.25, -0.2) is 18.2 Å². The lowest BCUT2D eigenvalue weighted by atomic mass is 9.94. The third-order valence-corrected chi connectivity index (χ3v) is 10.9. The summed E-state index contributed by atoms with van der Waals surface area (Å²) in [5.74, 6) is -3.10. The van der Waals surface area contributed by atoms with Crippen molar-refractivity contribution in [2.75, 3.05) is 20.2 Å². The minimum absolute atomic E-state index is 0.00746. The second kappa shape index (κ2) is 12.6. The third-order valence-electron chi connectivity index (χ3n) is 9.97. The van der Waals surface area contributed by atoms with Gasteiger partial charge in [-0.3, -0.25) is 19.0 Å². The first-order valence-electron chi connectivity index (χ1n) is 16.8. The lowest BCUT2D eigenvalue weighted by Crippen LogP contribution is -2.46. The van der Waals surface area contributed by atoms with Gasteiger partial charge in [0.25, 0.3) is 0 Å². The van der Waals surface area contributed by atoms with Gasteiger partial charge in [-0.2, -0.15) is 10.2 Å².